The lowest BCUT2D eigenvalue weighted by Crippen LogP contribution is -2.23. The summed E-state index contributed by atoms with van der Waals surface area (Å²) in [6, 6.07) is 20.8. The molecule has 150 valence electrons. The van der Waals surface area contributed by atoms with Crippen molar-refractivity contribution >= 4 is 5.91 Å². The highest BCUT2D eigenvalue weighted by atomic mass is 19.1. The Hall–Kier alpha value is -4.00. The van der Waals surface area contributed by atoms with Crippen LogP contribution in [0.25, 0.3) is 5.69 Å². The number of para-hydroxylation sites is 1. The van der Waals surface area contributed by atoms with Crippen molar-refractivity contribution in [1.29, 1.82) is 0 Å². The van der Waals surface area contributed by atoms with Gasteiger partial charge in [-0.05, 0) is 47.5 Å². The zero-order valence-corrected chi connectivity index (χ0v) is 16.0. The van der Waals surface area contributed by atoms with Crippen LogP contribution in [0.2, 0.25) is 0 Å². The highest BCUT2D eigenvalue weighted by molar-refractivity contribution is 5.96. The van der Waals surface area contributed by atoms with E-state index in [2.05, 4.69) is 15.4 Å². The van der Waals surface area contributed by atoms with Crippen LogP contribution in [0.15, 0.2) is 85.5 Å². The number of ether oxygens (including phenoxy) is 1. The molecular formula is C23H19FN4O2. The molecule has 6 nitrogen and oxygen atoms in total. The summed E-state index contributed by atoms with van der Waals surface area (Å²) in [5.74, 6) is -0.0567. The molecule has 0 saturated heterocycles. The first kappa shape index (κ1) is 19.3. The minimum atomic E-state index is -0.298. The summed E-state index contributed by atoms with van der Waals surface area (Å²) < 4.78 is 20.5. The number of carbonyl (C=O) groups excluding carboxylic acids is 1. The molecule has 0 fully saturated rings. The lowest BCUT2D eigenvalue weighted by molar-refractivity contribution is 0.0946. The number of hydrogen-bond acceptors (Lipinski definition) is 4. The third kappa shape index (κ3) is 4.70. The highest BCUT2D eigenvalue weighted by Gasteiger charge is 2.12. The number of nitrogens with zero attached hydrogens (tertiary/aromatic N) is 3. The Balaban J connectivity index is 1.38. The van der Waals surface area contributed by atoms with Crippen molar-refractivity contribution in [3.05, 3.63) is 108 Å². The predicted octanol–water partition coefficient (Wildman–Crippen LogP) is 3.92. The second-order valence-corrected chi connectivity index (χ2v) is 6.60. The molecule has 0 atom stereocenters. The summed E-state index contributed by atoms with van der Waals surface area (Å²) in [5, 5.41) is 7.00. The van der Waals surface area contributed by atoms with Crippen LogP contribution >= 0.6 is 0 Å². The van der Waals surface area contributed by atoms with Gasteiger partial charge in [0.2, 0.25) is 0 Å². The molecular weight excluding hydrogens is 383 g/mol. The SMILES string of the molecule is O=C(NCc1ccc(-n2cncn2)cc1)c1ccccc1OCc1ccc(F)cc1. The minimum Gasteiger partial charge on any atom is -0.488 e. The van der Waals surface area contributed by atoms with E-state index in [9.17, 15) is 9.18 Å². The second kappa shape index (κ2) is 9.00. The summed E-state index contributed by atoms with van der Waals surface area (Å²) in [6.07, 6.45) is 3.10. The van der Waals surface area contributed by atoms with E-state index in [1.54, 1.807) is 47.4 Å². The van der Waals surface area contributed by atoms with Crippen LogP contribution in [-0.2, 0) is 13.2 Å². The minimum absolute atomic E-state index is 0.231. The van der Waals surface area contributed by atoms with E-state index in [0.717, 1.165) is 16.8 Å². The Labute approximate surface area is 173 Å². The van der Waals surface area contributed by atoms with Crippen LogP contribution in [0, 0.1) is 5.82 Å². The average molecular weight is 402 g/mol. The zero-order chi connectivity index (χ0) is 20.8. The van der Waals surface area contributed by atoms with Gasteiger partial charge in [0.1, 0.15) is 30.8 Å². The number of halogens is 1. The van der Waals surface area contributed by atoms with Crippen molar-refractivity contribution in [1.82, 2.24) is 20.1 Å². The molecule has 0 saturated carbocycles. The van der Waals surface area contributed by atoms with Crippen molar-refractivity contribution < 1.29 is 13.9 Å². The molecule has 30 heavy (non-hydrogen) atoms. The van der Waals surface area contributed by atoms with Crippen molar-refractivity contribution in [2.45, 2.75) is 13.2 Å². The largest absolute Gasteiger partial charge is 0.488 e. The van der Waals surface area contributed by atoms with E-state index in [1.807, 2.05) is 24.3 Å². The molecule has 1 N–H and O–H groups in total. The maximum absolute atomic E-state index is 13.0. The number of amides is 1. The van der Waals surface area contributed by atoms with Gasteiger partial charge >= 0.3 is 0 Å². The van der Waals surface area contributed by atoms with Crippen LogP contribution in [0.3, 0.4) is 0 Å². The number of nitrogens with one attached hydrogen (secondary N) is 1. The van der Waals surface area contributed by atoms with Crippen LogP contribution < -0.4 is 10.1 Å². The summed E-state index contributed by atoms with van der Waals surface area (Å²) in [5.41, 5.74) is 3.11. The van der Waals surface area contributed by atoms with E-state index in [1.165, 1.54) is 18.5 Å². The van der Waals surface area contributed by atoms with E-state index in [4.69, 9.17) is 4.74 Å². The van der Waals surface area contributed by atoms with Gasteiger partial charge < -0.3 is 10.1 Å². The topological polar surface area (TPSA) is 69.0 Å². The third-order valence-corrected chi connectivity index (χ3v) is 4.51. The molecule has 4 rings (SSSR count). The van der Waals surface area contributed by atoms with Gasteiger partial charge in [0, 0.05) is 6.54 Å². The Morgan fingerprint density at radius 2 is 1.70 bits per heavy atom. The van der Waals surface area contributed by atoms with E-state index < -0.39 is 0 Å². The fourth-order valence-corrected chi connectivity index (χ4v) is 2.91. The first-order valence-electron chi connectivity index (χ1n) is 9.37. The van der Waals surface area contributed by atoms with Gasteiger partial charge in [0.25, 0.3) is 5.91 Å². The molecule has 0 bridgehead atoms. The lowest BCUT2D eigenvalue weighted by atomic mass is 10.1. The molecule has 0 aliphatic heterocycles. The van der Waals surface area contributed by atoms with E-state index >= 15 is 0 Å². The average Bonchev–Trinajstić information content (AvgIpc) is 3.33. The van der Waals surface area contributed by atoms with Gasteiger partial charge in [-0.1, -0.05) is 36.4 Å². The highest BCUT2D eigenvalue weighted by Crippen LogP contribution is 2.20. The van der Waals surface area contributed by atoms with E-state index in [-0.39, 0.29) is 18.3 Å². The summed E-state index contributed by atoms with van der Waals surface area (Å²) in [6.45, 7) is 0.622. The molecule has 7 heteroatoms. The van der Waals surface area contributed by atoms with Crippen molar-refractivity contribution in [3.8, 4) is 11.4 Å². The molecule has 0 spiro atoms. The third-order valence-electron chi connectivity index (χ3n) is 4.51. The molecule has 0 unspecified atom stereocenters. The second-order valence-electron chi connectivity index (χ2n) is 6.60. The number of aromatic nitrogens is 3. The van der Waals surface area contributed by atoms with Gasteiger partial charge in [-0.25, -0.2) is 14.1 Å². The molecule has 1 heterocycles. The number of rotatable bonds is 7. The molecule has 0 aliphatic carbocycles. The van der Waals surface area contributed by atoms with Crippen LogP contribution in [0.5, 0.6) is 5.75 Å². The molecule has 0 radical (unpaired) electrons. The standard InChI is InChI=1S/C23H19FN4O2/c24-19-9-5-18(6-10-19)14-30-22-4-2-1-3-21(22)23(29)26-13-17-7-11-20(12-8-17)28-16-25-15-27-28/h1-12,15-16H,13-14H2,(H,26,29). The molecule has 1 aromatic heterocycles. The molecule has 4 aromatic rings. The van der Waals surface area contributed by atoms with Crippen molar-refractivity contribution in [3.63, 3.8) is 0 Å². The Morgan fingerprint density at radius 1 is 0.967 bits per heavy atom. The first-order chi connectivity index (χ1) is 14.7. The number of carbonyl (C=O) groups is 1. The van der Waals surface area contributed by atoms with Gasteiger partial charge in [-0.3, -0.25) is 4.79 Å². The Morgan fingerprint density at radius 3 is 2.43 bits per heavy atom. The quantitative estimate of drug-likeness (QED) is 0.509. The van der Waals surface area contributed by atoms with Gasteiger partial charge in [-0.2, -0.15) is 5.10 Å². The van der Waals surface area contributed by atoms with E-state index in [0.29, 0.717) is 17.9 Å². The number of hydrogen-bond donors (Lipinski definition) is 1. The van der Waals surface area contributed by atoms with Crippen LogP contribution in [-0.4, -0.2) is 20.7 Å². The van der Waals surface area contributed by atoms with Crippen LogP contribution in [0.1, 0.15) is 21.5 Å². The fourth-order valence-electron chi connectivity index (χ4n) is 2.91. The van der Waals surface area contributed by atoms with Crippen molar-refractivity contribution in [2.24, 2.45) is 0 Å². The monoisotopic (exact) mass is 402 g/mol. The fraction of sp³-hybridized carbons (Fsp3) is 0.0870. The summed E-state index contributed by atoms with van der Waals surface area (Å²) in [4.78, 5) is 16.6. The van der Waals surface area contributed by atoms with Gasteiger partial charge in [0.15, 0.2) is 0 Å². The van der Waals surface area contributed by atoms with Crippen LogP contribution in [0.4, 0.5) is 4.39 Å². The predicted molar refractivity (Wildman–Crippen MR) is 110 cm³/mol. The van der Waals surface area contributed by atoms with Gasteiger partial charge in [-0.15, -0.1) is 0 Å². The van der Waals surface area contributed by atoms with Gasteiger partial charge in [0.05, 0.1) is 11.3 Å². The Kier molecular flexibility index (Phi) is 5.80. The zero-order valence-electron chi connectivity index (χ0n) is 16.0. The maximum Gasteiger partial charge on any atom is 0.255 e. The smallest absolute Gasteiger partial charge is 0.255 e. The summed E-state index contributed by atoms with van der Waals surface area (Å²) >= 11 is 0. The summed E-state index contributed by atoms with van der Waals surface area (Å²) in [7, 11) is 0. The normalized spacial score (nSPS) is 10.6. The molecule has 3 aromatic carbocycles. The lowest BCUT2D eigenvalue weighted by Gasteiger charge is -2.12. The maximum atomic E-state index is 13.0. The first-order valence-corrected chi connectivity index (χ1v) is 9.37. The molecule has 1 amide bonds. The van der Waals surface area contributed by atoms with Crippen molar-refractivity contribution in [2.75, 3.05) is 0 Å². The Bertz CT molecular complexity index is 1110. The number of benzene rings is 3. The molecule has 0 aliphatic rings.